The van der Waals surface area contributed by atoms with Gasteiger partial charge in [-0.3, -0.25) is 0 Å². The fraction of sp³-hybridized carbons (Fsp3) is 0.231. The van der Waals surface area contributed by atoms with Gasteiger partial charge in [-0.1, -0.05) is 6.07 Å². The van der Waals surface area contributed by atoms with Crippen LogP contribution in [0.5, 0.6) is 5.75 Å². The highest BCUT2D eigenvalue weighted by atomic mass is 79.9. The van der Waals surface area contributed by atoms with E-state index in [1.807, 2.05) is 25.1 Å². The molecule has 0 unspecified atom stereocenters. The van der Waals surface area contributed by atoms with Gasteiger partial charge in [0.1, 0.15) is 5.75 Å². The SMILES string of the molecule is CCOc1cccc(NCc2cc(Br)cs2)c1N. The second-order valence-corrected chi connectivity index (χ2v) is 5.65. The molecule has 0 bridgehead atoms. The molecule has 3 N–H and O–H groups in total. The van der Waals surface area contributed by atoms with E-state index < -0.39 is 0 Å². The number of para-hydroxylation sites is 1. The number of anilines is 2. The summed E-state index contributed by atoms with van der Waals surface area (Å²) in [6.45, 7) is 3.32. The lowest BCUT2D eigenvalue weighted by atomic mass is 10.2. The highest BCUT2D eigenvalue weighted by Crippen LogP contribution is 2.30. The third kappa shape index (κ3) is 3.17. The van der Waals surface area contributed by atoms with E-state index in [1.165, 1.54) is 4.88 Å². The number of hydrogen-bond acceptors (Lipinski definition) is 4. The Labute approximate surface area is 119 Å². The molecule has 0 fully saturated rings. The van der Waals surface area contributed by atoms with Crippen molar-refractivity contribution in [2.24, 2.45) is 0 Å². The predicted octanol–water partition coefficient (Wildman–Crippen LogP) is 4.10. The molecular formula is C13H15BrN2OS. The number of thiophene rings is 1. The summed E-state index contributed by atoms with van der Waals surface area (Å²) < 4.78 is 6.57. The third-order valence-electron chi connectivity index (χ3n) is 2.44. The summed E-state index contributed by atoms with van der Waals surface area (Å²) in [5, 5.41) is 5.39. The molecule has 18 heavy (non-hydrogen) atoms. The Morgan fingerprint density at radius 2 is 2.28 bits per heavy atom. The monoisotopic (exact) mass is 326 g/mol. The zero-order valence-corrected chi connectivity index (χ0v) is 12.5. The number of rotatable bonds is 5. The molecule has 1 heterocycles. The number of nitrogen functional groups attached to an aromatic ring is 1. The second kappa shape index (κ2) is 6.11. The average molecular weight is 327 g/mol. The molecular weight excluding hydrogens is 312 g/mol. The molecule has 0 aliphatic carbocycles. The van der Waals surface area contributed by atoms with E-state index in [1.54, 1.807) is 11.3 Å². The summed E-state index contributed by atoms with van der Waals surface area (Å²) in [5.74, 6) is 0.731. The van der Waals surface area contributed by atoms with E-state index in [4.69, 9.17) is 10.5 Å². The van der Waals surface area contributed by atoms with E-state index >= 15 is 0 Å². The van der Waals surface area contributed by atoms with Crippen LogP contribution in [0, 0.1) is 0 Å². The molecule has 2 rings (SSSR count). The summed E-state index contributed by atoms with van der Waals surface area (Å²) in [6, 6.07) is 7.88. The fourth-order valence-electron chi connectivity index (χ4n) is 1.61. The van der Waals surface area contributed by atoms with Crippen LogP contribution in [-0.2, 0) is 6.54 Å². The highest BCUT2D eigenvalue weighted by molar-refractivity contribution is 9.10. The molecule has 96 valence electrons. The molecule has 0 saturated heterocycles. The van der Waals surface area contributed by atoms with Crippen LogP contribution in [0.1, 0.15) is 11.8 Å². The molecule has 0 radical (unpaired) electrons. The van der Waals surface area contributed by atoms with Gasteiger partial charge in [-0.2, -0.15) is 0 Å². The number of hydrogen-bond donors (Lipinski definition) is 2. The fourth-order valence-corrected chi connectivity index (χ4v) is 3.00. The van der Waals surface area contributed by atoms with E-state index in [9.17, 15) is 0 Å². The second-order valence-electron chi connectivity index (χ2n) is 3.74. The quantitative estimate of drug-likeness (QED) is 0.813. The molecule has 0 saturated carbocycles. The largest absolute Gasteiger partial charge is 0.492 e. The van der Waals surface area contributed by atoms with Crippen LogP contribution in [0.4, 0.5) is 11.4 Å². The summed E-state index contributed by atoms with van der Waals surface area (Å²) in [7, 11) is 0. The van der Waals surface area contributed by atoms with Crippen molar-refractivity contribution in [3.63, 3.8) is 0 Å². The number of nitrogens with two attached hydrogens (primary N) is 1. The van der Waals surface area contributed by atoms with Gasteiger partial charge in [0.05, 0.1) is 18.0 Å². The minimum atomic E-state index is 0.617. The number of benzene rings is 1. The minimum Gasteiger partial charge on any atom is -0.492 e. The number of nitrogens with one attached hydrogen (secondary N) is 1. The normalized spacial score (nSPS) is 10.3. The lowest BCUT2D eigenvalue weighted by molar-refractivity contribution is 0.342. The van der Waals surface area contributed by atoms with E-state index in [0.717, 1.165) is 22.5 Å². The van der Waals surface area contributed by atoms with Crippen molar-refractivity contribution in [3.05, 3.63) is 39.0 Å². The van der Waals surface area contributed by atoms with Crippen molar-refractivity contribution < 1.29 is 4.74 Å². The maximum atomic E-state index is 6.05. The van der Waals surface area contributed by atoms with Gasteiger partial charge in [0.2, 0.25) is 0 Å². The smallest absolute Gasteiger partial charge is 0.144 e. The summed E-state index contributed by atoms with van der Waals surface area (Å²) >= 11 is 5.15. The maximum absolute atomic E-state index is 6.05. The van der Waals surface area contributed by atoms with Crippen LogP contribution in [0.2, 0.25) is 0 Å². The Balaban J connectivity index is 2.07. The number of ether oxygens (including phenoxy) is 1. The first kappa shape index (κ1) is 13.2. The van der Waals surface area contributed by atoms with Crippen LogP contribution in [-0.4, -0.2) is 6.61 Å². The molecule has 2 aromatic rings. The minimum absolute atomic E-state index is 0.617. The molecule has 0 atom stereocenters. The van der Waals surface area contributed by atoms with Gasteiger partial charge in [0, 0.05) is 21.3 Å². The Morgan fingerprint density at radius 1 is 1.44 bits per heavy atom. The lowest BCUT2D eigenvalue weighted by Gasteiger charge is -2.12. The van der Waals surface area contributed by atoms with Gasteiger partial charge in [0.15, 0.2) is 0 Å². The third-order valence-corrected chi connectivity index (χ3v) is 4.14. The van der Waals surface area contributed by atoms with Crippen molar-refractivity contribution >= 4 is 38.6 Å². The first-order valence-electron chi connectivity index (χ1n) is 5.68. The van der Waals surface area contributed by atoms with Crippen LogP contribution in [0.3, 0.4) is 0 Å². The first-order valence-corrected chi connectivity index (χ1v) is 7.36. The van der Waals surface area contributed by atoms with Crippen molar-refractivity contribution in [2.75, 3.05) is 17.7 Å². The van der Waals surface area contributed by atoms with Crippen molar-refractivity contribution in [1.29, 1.82) is 0 Å². The summed E-state index contributed by atoms with van der Waals surface area (Å²) in [6.07, 6.45) is 0. The van der Waals surface area contributed by atoms with Gasteiger partial charge in [-0.15, -0.1) is 11.3 Å². The highest BCUT2D eigenvalue weighted by Gasteiger charge is 2.05. The molecule has 3 nitrogen and oxygen atoms in total. The molecule has 0 amide bonds. The molecule has 1 aromatic heterocycles. The summed E-state index contributed by atoms with van der Waals surface area (Å²) in [4.78, 5) is 1.25. The van der Waals surface area contributed by atoms with Gasteiger partial charge < -0.3 is 15.8 Å². The molecule has 0 aliphatic rings. The van der Waals surface area contributed by atoms with Crippen molar-refractivity contribution in [1.82, 2.24) is 0 Å². The maximum Gasteiger partial charge on any atom is 0.144 e. The molecule has 0 aliphatic heterocycles. The van der Waals surface area contributed by atoms with Gasteiger partial charge >= 0.3 is 0 Å². The average Bonchev–Trinajstić information content (AvgIpc) is 2.77. The Kier molecular flexibility index (Phi) is 4.49. The molecule has 0 spiro atoms. The predicted molar refractivity (Wildman–Crippen MR) is 81.4 cm³/mol. The Hall–Kier alpha value is -1.20. The lowest BCUT2D eigenvalue weighted by Crippen LogP contribution is -2.03. The Bertz CT molecular complexity index is 527. The van der Waals surface area contributed by atoms with E-state index in [2.05, 4.69) is 32.7 Å². The standard InChI is InChI=1S/C13H15BrN2OS/c1-2-17-12-5-3-4-11(13(12)15)16-7-10-6-9(14)8-18-10/h3-6,8,16H,2,7,15H2,1H3. The van der Waals surface area contributed by atoms with E-state index in [0.29, 0.717) is 12.3 Å². The summed E-state index contributed by atoms with van der Waals surface area (Å²) in [5.41, 5.74) is 7.62. The number of halogens is 1. The zero-order valence-electron chi connectivity index (χ0n) is 10.1. The van der Waals surface area contributed by atoms with Crippen molar-refractivity contribution in [2.45, 2.75) is 13.5 Å². The van der Waals surface area contributed by atoms with Crippen LogP contribution in [0.25, 0.3) is 0 Å². The molecule has 1 aromatic carbocycles. The van der Waals surface area contributed by atoms with Crippen LogP contribution in [0.15, 0.2) is 34.1 Å². The topological polar surface area (TPSA) is 47.3 Å². The van der Waals surface area contributed by atoms with Crippen molar-refractivity contribution in [3.8, 4) is 5.75 Å². The van der Waals surface area contributed by atoms with Gasteiger partial charge in [-0.25, -0.2) is 0 Å². The van der Waals surface area contributed by atoms with Gasteiger partial charge in [-0.05, 0) is 41.1 Å². The van der Waals surface area contributed by atoms with Gasteiger partial charge in [0.25, 0.3) is 0 Å². The molecule has 5 heteroatoms. The zero-order chi connectivity index (χ0) is 13.0. The van der Waals surface area contributed by atoms with Crippen LogP contribution >= 0.6 is 27.3 Å². The Morgan fingerprint density at radius 3 is 2.94 bits per heavy atom. The van der Waals surface area contributed by atoms with Crippen LogP contribution < -0.4 is 15.8 Å². The van der Waals surface area contributed by atoms with E-state index in [-0.39, 0.29) is 0 Å². The first-order chi connectivity index (χ1) is 8.70.